The second-order valence-corrected chi connectivity index (χ2v) is 2.85. The summed E-state index contributed by atoms with van der Waals surface area (Å²) in [5, 5.41) is 18.3. The molecule has 10 heavy (non-hydrogen) atoms. The van der Waals surface area contributed by atoms with Gasteiger partial charge in [0.2, 0.25) is 0 Å². The lowest BCUT2D eigenvalue weighted by atomic mass is 10.00. The van der Waals surface area contributed by atoms with Gasteiger partial charge in [-0.3, -0.25) is 4.79 Å². The molecular formula is C7H12O3. The van der Waals surface area contributed by atoms with E-state index < -0.39 is 18.1 Å². The Kier molecular flexibility index (Phi) is 2.06. The fourth-order valence-corrected chi connectivity index (χ4v) is 1.50. The van der Waals surface area contributed by atoms with E-state index >= 15 is 0 Å². The summed E-state index contributed by atoms with van der Waals surface area (Å²) in [5.74, 6) is -0.641. The first-order valence-electron chi connectivity index (χ1n) is 3.49. The summed E-state index contributed by atoms with van der Waals surface area (Å²) in [7, 11) is 0. The molecule has 0 aromatic rings. The van der Waals surface area contributed by atoms with Gasteiger partial charge in [-0.1, -0.05) is 0 Å². The largest absolute Gasteiger partial charge is 0.392 e. The van der Waals surface area contributed by atoms with Crippen LogP contribution in [0.15, 0.2) is 0 Å². The van der Waals surface area contributed by atoms with E-state index in [1.807, 2.05) is 0 Å². The number of aliphatic hydroxyl groups is 2. The van der Waals surface area contributed by atoms with Crippen molar-refractivity contribution in [2.24, 2.45) is 5.92 Å². The van der Waals surface area contributed by atoms with Gasteiger partial charge in [-0.15, -0.1) is 0 Å². The van der Waals surface area contributed by atoms with Gasteiger partial charge in [0.05, 0.1) is 18.1 Å². The second-order valence-electron chi connectivity index (χ2n) is 2.85. The van der Waals surface area contributed by atoms with E-state index in [-0.39, 0.29) is 5.78 Å². The van der Waals surface area contributed by atoms with Gasteiger partial charge < -0.3 is 10.2 Å². The summed E-state index contributed by atoms with van der Waals surface area (Å²) in [5.41, 5.74) is 0. The number of Topliss-reactive ketones (excluding diaryl/α,β-unsaturated/α-hetero) is 1. The maximum absolute atomic E-state index is 10.7. The maximum Gasteiger partial charge on any atom is 0.138 e. The average Bonchev–Trinajstić information content (AvgIpc) is 2.11. The Morgan fingerprint density at radius 1 is 1.30 bits per heavy atom. The van der Waals surface area contributed by atoms with Gasteiger partial charge in [0.1, 0.15) is 5.78 Å². The second kappa shape index (κ2) is 2.68. The van der Waals surface area contributed by atoms with Crippen molar-refractivity contribution < 1.29 is 15.0 Å². The van der Waals surface area contributed by atoms with Crippen molar-refractivity contribution in [2.45, 2.75) is 32.0 Å². The number of aliphatic hydroxyl groups excluding tert-OH is 2. The summed E-state index contributed by atoms with van der Waals surface area (Å²) in [4.78, 5) is 10.7. The molecule has 2 unspecified atom stereocenters. The Balaban J connectivity index is 2.63. The molecule has 0 amide bonds. The zero-order valence-corrected chi connectivity index (χ0v) is 5.95. The minimum atomic E-state index is -0.618. The van der Waals surface area contributed by atoms with Crippen LogP contribution in [0.1, 0.15) is 19.8 Å². The quantitative estimate of drug-likeness (QED) is 0.531. The fraction of sp³-hybridized carbons (Fsp3) is 0.857. The average molecular weight is 144 g/mol. The number of ketones is 1. The van der Waals surface area contributed by atoms with Crippen molar-refractivity contribution in [1.29, 1.82) is 0 Å². The third-order valence-corrected chi connectivity index (χ3v) is 2.06. The molecule has 1 saturated carbocycles. The molecular weight excluding hydrogens is 132 g/mol. The van der Waals surface area contributed by atoms with E-state index in [0.717, 1.165) is 0 Å². The molecule has 0 aromatic heterocycles. The van der Waals surface area contributed by atoms with Crippen LogP contribution in [0.3, 0.4) is 0 Å². The predicted molar refractivity (Wildman–Crippen MR) is 35.4 cm³/mol. The van der Waals surface area contributed by atoms with Gasteiger partial charge in [0, 0.05) is 0 Å². The van der Waals surface area contributed by atoms with Gasteiger partial charge >= 0.3 is 0 Å². The first kappa shape index (κ1) is 7.69. The third kappa shape index (κ3) is 1.20. The van der Waals surface area contributed by atoms with Crippen molar-refractivity contribution in [2.75, 3.05) is 0 Å². The summed E-state index contributed by atoms with van der Waals surface area (Å²) >= 11 is 0. The molecule has 3 nitrogen and oxygen atoms in total. The topological polar surface area (TPSA) is 57.5 Å². The van der Waals surface area contributed by atoms with Gasteiger partial charge in [-0.25, -0.2) is 0 Å². The van der Waals surface area contributed by atoms with Crippen LogP contribution in [0.4, 0.5) is 0 Å². The highest BCUT2D eigenvalue weighted by Crippen LogP contribution is 2.26. The van der Waals surface area contributed by atoms with E-state index in [4.69, 9.17) is 10.2 Å². The first-order chi connectivity index (χ1) is 4.63. The number of hydrogen-bond donors (Lipinski definition) is 2. The lowest BCUT2D eigenvalue weighted by Gasteiger charge is -2.13. The Hall–Kier alpha value is -0.410. The van der Waals surface area contributed by atoms with Crippen molar-refractivity contribution in [3.63, 3.8) is 0 Å². The summed E-state index contributed by atoms with van der Waals surface area (Å²) in [6.07, 6.45) is -0.142. The number of carbonyl (C=O) groups excluding carboxylic acids is 1. The van der Waals surface area contributed by atoms with E-state index in [0.29, 0.717) is 12.8 Å². The maximum atomic E-state index is 10.7. The van der Waals surface area contributed by atoms with E-state index in [2.05, 4.69) is 0 Å². The Labute approximate surface area is 59.7 Å². The summed E-state index contributed by atoms with van der Waals surface area (Å²) in [6, 6.07) is 0. The highest BCUT2D eigenvalue weighted by molar-refractivity contribution is 5.79. The molecule has 2 atom stereocenters. The van der Waals surface area contributed by atoms with Gasteiger partial charge in [-0.05, 0) is 19.8 Å². The fourth-order valence-electron chi connectivity index (χ4n) is 1.50. The van der Waals surface area contributed by atoms with Gasteiger partial charge in [0.25, 0.3) is 0 Å². The standard InChI is InChI=1S/C7H12O3/c1-4(8)7-5(9)2-3-6(7)10/h5-7,9-10H,2-3H2,1H3. The molecule has 58 valence electrons. The molecule has 1 aliphatic carbocycles. The van der Waals surface area contributed by atoms with Gasteiger partial charge in [0.15, 0.2) is 0 Å². The number of rotatable bonds is 1. The van der Waals surface area contributed by atoms with E-state index in [1.54, 1.807) is 0 Å². The monoisotopic (exact) mass is 144 g/mol. The molecule has 0 radical (unpaired) electrons. The zero-order valence-electron chi connectivity index (χ0n) is 5.95. The third-order valence-electron chi connectivity index (χ3n) is 2.06. The molecule has 0 heterocycles. The SMILES string of the molecule is CC(=O)C1C(O)CCC1O. The Morgan fingerprint density at radius 3 is 1.90 bits per heavy atom. The molecule has 1 rings (SSSR count). The van der Waals surface area contributed by atoms with Crippen LogP contribution in [0.25, 0.3) is 0 Å². The molecule has 0 aliphatic heterocycles. The van der Waals surface area contributed by atoms with Crippen LogP contribution in [-0.4, -0.2) is 28.2 Å². The highest BCUT2D eigenvalue weighted by Gasteiger charge is 2.36. The Morgan fingerprint density at radius 2 is 1.70 bits per heavy atom. The van der Waals surface area contributed by atoms with Crippen molar-refractivity contribution in [1.82, 2.24) is 0 Å². The lowest BCUT2D eigenvalue weighted by molar-refractivity contribution is -0.126. The van der Waals surface area contributed by atoms with E-state index in [9.17, 15) is 4.79 Å². The van der Waals surface area contributed by atoms with Crippen LogP contribution >= 0.6 is 0 Å². The minimum Gasteiger partial charge on any atom is -0.392 e. The summed E-state index contributed by atoms with van der Waals surface area (Å²) in [6.45, 7) is 1.41. The molecule has 1 fully saturated rings. The first-order valence-corrected chi connectivity index (χ1v) is 3.49. The van der Waals surface area contributed by atoms with Crippen LogP contribution in [0.5, 0.6) is 0 Å². The molecule has 0 spiro atoms. The van der Waals surface area contributed by atoms with Crippen molar-refractivity contribution in [3.05, 3.63) is 0 Å². The summed E-state index contributed by atoms with van der Waals surface area (Å²) < 4.78 is 0. The normalized spacial score (nSPS) is 40.1. The van der Waals surface area contributed by atoms with Crippen LogP contribution < -0.4 is 0 Å². The van der Waals surface area contributed by atoms with E-state index in [1.165, 1.54) is 6.92 Å². The Bertz CT molecular complexity index is 134. The van der Waals surface area contributed by atoms with Crippen LogP contribution in [0, 0.1) is 5.92 Å². The van der Waals surface area contributed by atoms with Crippen LogP contribution in [-0.2, 0) is 4.79 Å². The van der Waals surface area contributed by atoms with Crippen LogP contribution in [0.2, 0.25) is 0 Å². The smallest absolute Gasteiger partial charge is 0.138 e. The van der Waals surface area contributed by atoms with Crippen molar-refractivity contribution in [3.8, 4) is 0 Å². The molecule has 1 aliphatic rings. The molecule has 0 aromatic carbocycles. The molecule has 0 bridgehead atoms. The number of carbonyl (C=O) groups is 1. The zero-order chi connectivity index (χ0) is 7.72. The molecule has 3 heteroatoms. The number of hydrogen-bond acceptors (Lipinski definition) is 3. The highest BCUT2D eigenvalue weighted by atomic mass is 16.3. The molecule has 0 saturated heterocycles. The lowest BCUT2D eigenvalue weighted by Crippen LogP contribution is -2.28. The minimum absolute atomic E-state index is 0.113. The molecule has 2 N–H and O–H groups in total. The van der Waals surface area contributed by atoms with Gasteiger partial charge in [-0.2, -0.15) is 0 Å². The van der Waals surface area contributed by atoms with Crippen molar-refractivity contribution >= 4 is 5.78 Å². The predicted octanol–water partition coefficient (Wildman–Crippen LogP) is -0.293.